The first-order chi connectivity index (χ1) is 15.1. The Hall–Kier alpha value is -3.38. The lowest BCUT2D eigenvalue weighted by Gasteiger charge is -2.27. The molecule has 0 radical (unpaired) electrons. The molecule has 2 aromatic carbocycles. The van der Waals surface area contributed by atoms with Crippen molar-refractivity contribution in [2.75, 3.05) is 6.54 Å². The van der Waals surface area contributed by atoms with Crippen LogP contribution >= 0.6 is 0 Å². The maximum atomic E-state index is 12.9. The van der Waals surface area contributed by atoms with E-state index in [0.29, 0.717) is 12.2 Å². The summed E-state index contributed by atoms with van der Waals surface area (Å²) < 4.78 is 4.06. The number of nitrogens with one attached hydrogen (secondary N) is 1. The molecule has 1 amide bonds. The van der Waals surface area contributed by atoms with E-state index in [-0.39, 0.29) is 5.91 Å². The second-order valence-electron chi connectivity index (χ2n) is 8.31. The van der Waals surface area contributed by atoms with Crippen LogP contribution in [0, 0.1) is 0 Å². The van der Waals surface area contributed by atoms with Crippen molar-refractivity contribution >= 4 is 16.8 Å². The van der Waals surface area contributed by atoms with Gasteiger partial charge in [-0.2, -0.15) is 5.10 Å². The van der Waals surface area contributed by atoms with E-state index in [4.69, 9.17) is 0 Å². The number of carbonyl (C=O) groups excluding carboxylic acids is 1. The summed E-state index contributed by atoms with van der Waals surface area (Å²) in [7, 11) is 4.03. The number of aryl methyl sites for hydroxylation is 2. The topological polar surface area (TPSA) is 55.1 Å². The zero-order chi connectivity index (χ0) is 21.4. The van der Waals surface area contributed by atoms with Gasteiger partial charge in [0, 0.05) is 75.1 Å². The molecule has 0 unspecified atom stereocenters. The monoisotopic (exact) mass is 413 g/mol. The van der Waals surface area contributed by atoms with Gasteiger partial charge < -0.3 is 9.88 Å². The van der Waals surface area contributed by atoms with Gasteiger partial charge in [0.1, 0.15) is 0 Å². The minimum atomic E-state index is -0.104. The molecule has 158 valence electrons. The predicted molar refractivity (Wildman–Crippen MR) is 122 cm³/mol. The molecule has 0 aliphatic carbocycles. The smallest absolute Gasteiger partial charge is 0.272 e. The molecule has 3 heterocycles. The van der Waals surface area contributed by atoms with Gasteiger partial charge in [-0.15, -0.1) is 0 Å². The summed E-state index contributed by atoms with van der Waals surface area (Å²) in [4.78, 5) is 15.4. The summed E-state index contributed by atoms with van der Waals surface area (Å²) in [6, 6.07) is 18.5. The van der Waals surface area contributed by atoms with Crippen molar-refractivity contribution in [3.8, 4) is 0 Å². The Morgan fingerprint density at radius 2 is 1.84 bits per heavy atom. The fourth-order valence-corrected chi connectivity index (χ4v) is 4.62. The van der Waals surface area contributed by atoms with Crippen LogP contribution in [0.2, 0.25) is 0 Å². The van der Waals surface area contributed by atoms with Crippen molar-refractivity contribution < 1.29 is 4.79 Å². The molecule has 0 spiro atoms. The average molecular weight is 414 g/mol. The molecular weight excluding hydrogens is 386 g/mol. The molecule has 0 bridgehead atoms. The van der Waals surface area contributed by atoms with Crippen molar-refractivity contribution in [1.82, 2.24) is 24.6 Å². The number of benzene rings is 2. The minimum Gasteiger partial charge on any atom is -0.350 e. The molecule has 0 atom stereocenters. The molecule has 2 aromatic heterocycles. The number of carbonyl (C=O) groups is 1. The van der Waals surface area contributed by atoms with Gasteiger partial charge in [0.25, 0.3) is 5.91 Å². The maximum Gasteiger partial charge on any atom is 0.272 e. The molecule has 5 rings (SSSR count). The zero-order valence-electron chi connectivity index (χ0n) is 18.0. The van der Waals surface area contributed by atoms with Crippen LogP contribution in [0.25, 0.3) is 10.9 Å². The van der Waals surface area contributed by atoms with Gasteiger partial charge >= 0.3 is 0 Å². The molecule has 6 heteroatoms. The number of aromatic nitrogens is 3. The summed E-state index contributed by atoms with van der Waals surface area (Å²) in [6.07, 6.45) is 3.12. The Bertz CT molecular complexity index is 1240. The third-order valence-corrected chi connectivity index (χ3v) is 6.21. The maximum absolute atomic E-state index is 12.9. The third kappa shape index (κ3) is 3.75. The highest BCUT2D eigenvalue weighted by Crippen LogP contribution is 2.26. The van der Waals surface area contributed by atoms with Crippen molar-refractivity contribution in [1.29, 1.82) is 0 Å². The van der Waals surface area contributed by atoms with Crippen LogP contribution in [0.1, 0.15) is 32.9 Å². The van der Waals surface area contributed by atoms with Gasteiger partial charge in [-0.3, -0.25) is 14.4 Å². The van der Waals surface area contributed by atoms with Crippen LogP contribution in [0.3, 0.4) is 0 Å². The SMILES string of the molecule is Cn1nc(C(=O)NCc2ccccc2)c2c1CCN(Cc1cn(C)c3ccccc13)C2. The summed E-state index contributed by atoms with van der Waals surface area (Å²) in [5.41, 5.74) is 6.42. The van der Waals surface area contributed by atoms with E-state index < -0.39 is 0 Å². The molecule has 0 saturated carbocycles. The van der Waals surface area contributed by atoms with Gasteiger partial charge in [0.2, 0.25) is 0 Å². The van der Waals surface area contributed by atoms with E-state index >= 15 is 0 Å². The summed E-state index contributed by atoms with van der Waals surface area (Å²) in [6.45, 7) is 3.06. The Morgan fingerprint density at radius 1 is 1.06 bits per heavy atom. The number of hydrogen-bond acceptors (Lipinski definition) is 3. The molecule has 0 saturated heterocycles. The molecule has 6 nitrogen and oxygen atoms in total. The van der Waals surface area contributed by atoms with Gasteiger partial charge in [-0.1, -0.05) is 48.5 Å². The molecule has 1 aliphatic heterocycles. The summed E-state index contributed by atoms with van der Waals surface area (Å²) in [5, 5.41) is 8.90. The quantitative estimate of drug-likeness (QED) is 0.546. The third-order valence-electron chi connectivity index (χ3n) is 6.21. The minimum absolute atomic E-state index is 0.104. The highest BCUT2D eigenvalue weighted by molar-refractivity contribution is 5.94. The van der Waals surface area contributed by atoms with E-state index in [0.717, 1.165) is 37.2 Å². The molecule has 1 aliphatic rings. The van der Waals surface area contributed by atoms with Crippen molar-refractivity contribution in [3.05, 3.63) is 88.9 Å². The number of rotatable bonds is 5. The van der Waals surface area contributed by atoms with Crippen molar-refractivity contribution in [2.45, 2.75) is 26.1 Å². The van der Waals surface area contributed by atoms with E-state index in [1.807, 2.05) is 42.1 Å². The fourth-order valence-electron chi connectivity index (χ4n) is 4.62. The first-order valence-electron chi connectivity index (χ1n) is 10.7. The molecule has 31 heavy (non-hydrogen) atoms. The van der Waals surface area contributed by atoms with Crippen LogP contribution in [-0.4, -0.2) is 31.7 Å². The number of nitrogens with zero attached hydrogens (tertiary/aromatic N) is 4. The van der Waals surface area contributed by atoms with Crippen LogP contribution in [0.15, 0.2) is 60.8 Å². The molecular formula is C25H27N5O. The zero-order valence-corrected chi connectivity index (χ0v) is 18.0. The van der Waals surface area contributed by atoms with E-state index in [9.17, 15) is 4.79 Å². The van der Waals surface area contributed by atoms with Crippen LogP contribution in [-0.2, 0) is 40.2 Å². The largest absolute Gasteiger partial charge is 0.350 e. The van der Waals surface area contributed by atoms with Crippen molar-refractivity contribution in [3.63, 3.8) is 0 Å². The highest BCUT2D eigenvalue weighted by atomic mass is 16.1. The Morgan fingerprint density at radius 3 is 2.68 bits per heavy atom. The second-order valence-corrected chi connectivity index (χ2v) is 8.31. The first-order valence-corrected chi connectivity index (χ1v) is 10.7. The fraction of sp³-hybridized carbons (Fsp3) is 0.280. The normalized spacial score (nSPS) is 14.0. The number of hydrogen-bond donors (Lipinski definition) is 1. The van der Waals surface area contributed by atoms with E-state index in [2.05, 4.69) is 57.4 Å². The van der Waals surface area contributed by atoms with Crippen LogP contribution in [0.4, 0.5) is 0 Å². The van der Waals surface area contributed by atoms with E-state index in [1.165, 1.54) is 22.2 Å². The summed E-state index contributed by atoms with van der Waals surface area (Å²) >= 11 is 0. The Labute approximate surface area is 182 Å². The highest BCUT2D eigenvalue weighted by Gasteiger charge is 2.27. The molecule has 1 N–H and O–H groups in total. The van der Waals surface area contributed by atoms with Crippen molar-refractivity contribution in [2.24, 2.45) is 14.1 Å². The van der Waals surface area contributed by atoms with E-state index in [1.54, 1.807) is 0 Å². The number of amides is 1. The Kier molecular flexibility index (Phi) is 5.08. The van der Waals surface area contributed by atoms with Gasteiger partial charge in [-0.05, 0) is 17.2 Å². The summed E-state index contributed by atoms with van der Waals surface area (Å²) in [5.74, 6) is -0.104. The Balaban J connectivity index is 1.35. The lowest BCUT2D eigenvalue weighted by molar-refractivity contribution is 0.0943. The number of para-hydroxylation sites is 1. The first kappa shape index (κ1) is 19.6. The van der Waals surface area contributed by atoms with Gasteiger partial charge in [-0.25, -0.2) is 0 Å². The van der Waals surface area contributed by atoms with Crippen LogP contribution in [0.5, 0.6) is 0 Å². The average Bonchev–Trinajstić information content (AvgIpc) is 3.29. The van der Waals surface area contributed by atoms with Gasteiger partial charge in [0.15, 0.2) is 5.69 Å². The second kappa shape index (κ2) is 8.04. The molecule has 4 aromatic rings. The predicted octanol–water partition coefficient (Wildman–Crippen LogP) is 3.40. The number of fused-ring (bicyclic) bond motifs is 2. The van der Waals surface area contributed by atoms with Crippen LogP contribution < -0.4 is 5.32 Å². The lowest BCUT2D eigenvalue weighted by atomic mass is 10.0. The lowest BCUT2D eigenvalue weighted by Crippen LogP contribution is -2.32. The molecule has 0 fully saturated rings. The van der Waals surface area contributed by atoms with Gasteiger partial charge in [0.05, 0.1) is 0 Å². The standard InChI is InChI=1S/C25H27N5O/c1-28-15-19(20-10-6-7-11-22(20)28)16-30-13-12-23-21(17-30)24(27-29(23)2)25(31)26-14-18-8-4-3-5-9-18/h3-11,15H,12-14,16-17H2,1-2H3,(H,26,31).